The Bertz CT molecular complexity index is 1180. The van der Waals surface area contributed by atoms with Crippen LogP contribution in [-0.2, 0) is 6.42 Å². The standard InChI is InChI=1S/C33H45NO3S/c1-23-8-7-16-32(3)29(15-17-33(32,37)22-34-18-5-4-6-19-34)27-13-11-25(20-26(35)12-9-23)21-28(27)31(36)30-14-10-24(2)38-30/h8,10-11,13-14,21,26,29,35,37H,4-7,9,12,15-20,22H2,1-3H3. The number of piperidine rings is 1. The molecule has 1 saturated heterocycles. The summed E-state index contributed by atoms with van der Waals surface area (Å²) in [6, 6.07) is 10.3. The van der Waals surface area contributed by atoms with Crippen LogP contribution < -0.4 is 0 Å². The number of nitrogens with zero attached hydrogens (tertiary/aromatic N) is 1. The zero-order valence-electron chi connectivity index (χ0n) is 23.5. The summed E-state index contributed by atoms with van der Waals surface area (Å²) in [5, 5.41) is 23.2. The molecule has 2 N–H and O–H groups in total. The topological polar surface area (TPSA) is 60.8 Å². The maximum atomic E-state index is 14.0. The molecule has 0 amide bonds. The highest BCUT2D eigenvalue weighted by atomic mass is 32.1. The van der Waals surface area contributed by atoms with E-state index in [0.29, 0.717) is 6.42 Å². The second-order valence-corrected chi connectivity index (χ2v) is 13.8. The Hall–Kier alpha value is -1.79. The largest absolute Gasteiger partial charge is 0.393 e. The van der Waals surface area contributed by atoms with Crippen LogP contribution in [0.2, 0.25) is 0 Å². The van der Waals surface area contributed by atoms with Crippen molar-refractivity contribution in [2.45, 2.75) is 103 Å². The third-order valence-electron chi connectivity index (χ3n) is 9.81. The minimum atomic E-state index is -0.789. The summed E-state index contributed by atoms with van der Waals surface area (Å²) in [7, 11) is 0. The first-order chi connectivity index (χ1) is 18.2. The van der Waals surface area contributed by atoms with Gasteiger partial charge in [0.15, 0.2) is 0 Å². The summed E-state index contributed by atoms with van der Waals surface area (Å²) >= 11 is 1.55. The number of benzene rings is 1. The summed E-state index contributed by atoms with van der Waals surface area (Å²) in [5.74, 6) is 0.180. The fourth-order valence-corrected chi connectivity index (χ4v) is 8.20. The molecule has 4 atom stereocenters. The van der Waals surface area contributed by atoms with E-state index in [1.54, 1.807) is 11.3 Å². The van der Waals surface area contributed by atoms with E-state index < -0.39 is 11.7 Å². The molecule has 1 aromatic carbocycles. The number of β-amino-alcohol motifs (C(OH)–C–C–N with tert-alkyl or cyclic N) is 1. The number of rotatable bonds is 4. The van der Waals surface area contributed by atoms with Crippen molar-refractivity contribution >= 4 is 17.1 Å². The molecule has 3 aliphatic carbocycles. The molecule has 1 aliphatic heterocycles. The quantitative estimate of drug-likeness (QED) is 0.333. The smallest absolute Gasteiger partial charge is 0.203 e. The number of carbonyl (C=O) groups excluding carboxylic acids is 1. The fraction of sp³-hybridized carbons (Fsp3) is 0.606. The second-order valence-electron chi connectivity index (χ2n) is 12.5. The van der Waals surface area contributed by atoms with E-state index in [9.17, 15) is 15.0 Å². The summed E-state index contributed by atoms with van der Waals surface area (Å²) < 4.78 is 0. The van der Waals surface area contributed by atoms with Crippen LogP contribution in [0, 0.1) is 12.3 Å². The molecule has 0 spiro atoms. The predicted octanol–water partition coefficient (Wildman–Crippen LogP) is 6.81. The number of aliphatic hydroxyl groups is 2. The predicted molar refractivity (Wildman–Crippen MR) is 156 cm³/mol. The van der Waals surface area contributed by atoms with Crippen molar-refractivity contribution in [2.75, 3.05) is 19.6 Å². The average Bonchev–Trinajstić information content (AvgIpc) is 3.43. The molecule has 0 radical (unpaired) electrons. The van der Waals surface area contributed by atoms with Gasteiger partial charge in [-0.2, -0.15) is 0 Å². The Morgan fingerprint density at radius 2 is 1.87 bits per heavy atom. The minimum Gasteiger partial charge on any atom is -0.393 e. The van der Waals surface area contributed by atoms with Crippen molar-refractivity contribution in [2.24, 2.45) is 5.41 Å². The van der Waals surface area contributed by atoms with Crippen LogP contribution in [0.5, 0.6) is 0 Å². The SMILES string of the molecule is CC1=CCCC2(C)C(CCC2(O)CN2CCCCC2)c2ccc(cc2C(=O)c2ccc(C)s2)CC(O)CC1. The first kappa shape index (κ1) is 27.8. The number of likely N-dealkylation sites (tertiary alicyclic amines) is 1. The lowest BCUT2D eigenvalue weighted by Crippen LogP contribution is -2.53. The van der Waals surface area contributed by atoms with E-state index in [1.807, 2.05) is 25.1 Å². The van der Waals surface area contributed by atoms with Gasteiger partial charge in [-0.1, -0.05) is 37.1 Å². The molecule has 4 nitrogen and oxygen atoms in total. The molecule has 6 rings (SSSR count). The Morgan fingerprint density at radius 1 is 1.08 bits per heavy atom. The fourth-order valence-electron chi connectivity index (χ4n) is 7.37. The van der Waals surface area contributed by atoms with Gasteiger partial charge in [-0.3, -0.25) is 4.79 Å². The third-order valence-corrected chi connectivity index (χ3v) is 10.8. The molecule has 38 heavy (non-hydrogen) atoms. The lowest BCUT2D eigenvalue weighted by molar-refractivity contribution is -0.0857. The van der Waals surface area contributed by atoms with Crippen LogP contribution in [0.15, 0.2) is 42.0 Å². The number of aryl methyl sites for hydroxylation is 1. The maximum Gasteiger partial charge on any atom is 0.203 e. The van der Waals surface area contributed by atoms with E-state index in [1.165, 1.54) is 24.8 Å². The number of allylic oxidation sites excluding steroid dienone is 2. The number of aliphatic hydroxyl groups excluding tert-OH is 1. The van der Waals surface area contributed by atoms with Gasteiger partial charge in [-0.05, 0) is 120 Å². The molecule has 2 fully saturated rings. The normalized spacial score (nSPS) is 31.0. The number of fused-ring (bicyclic) bond motifs is 8. The van der Waals surface area contributed by atoms with Gasteiger partial charge in [-0.25, -0.2) is 0 Å². The van der Waals surface area contributed by atoms with Gasteiger partial charge < -0.3 is 15.1 Å². The van der Waals surface area contributed by atoms with Crippen molar-refractivity contribution in [3.8, 4) is 0 Å². The van der Waals surface area contributed by atoms with E-state index in [4.69, 9.17) is 0 Å². The maximum absolute atomic E-state index is 14.0. The van der Waals surface area contributed by atoms with Gasteiger partial charge in [0.1, 0.15) is 0 Å². The monoisotopic (exact) mass is 535 g/mol. The van der Waals surface area contributed by atoms with Gasteiger partial charge in [0.25, 0.3) is 0 Å². The molecule has 4 unspecified atom stereocenters. The zero-order chi connectivity index (χ0) is 26.9. The zero-order valence-corrected chi connectivity index (χ0v) is 24.3. The number of hydrogen-bond donors (Lipinski definition) is 2. The number of hydrogen-bond acceptors (Lipinski definition) is 5. The highest BCUT2D eigenvalue weighted by Crippen LogP contribution is 2.59. The average molecular weight is 536 g/mol. The molecule has 1 aromatic heterocycles. The van der Waals surface area contributed by atoms with Crippen LogP contribution in [-0.4, -0.2) is 52.2 Å². The van der Waals surface area contributed by atoms with Crippen molar-refractivity contribution in [1.82, 2.24) is 4.90 Å². The van der Waals surface area contributed by atoms with Crippen LogP contribution in [0.3, 0.4) is 0 Å². The van der Waals surface area contributed by atoms with Crippen molar-refractivity contribution < 1.29 is 15.0 Å². The van der Waals surface area contributed by atoms with Crippen LogP contribution in [0.25, 0.3) is 0 Å². The van der Waals surface area contributed by atoms with Gasteiger partial charge in [-0.15, -0.1) is 11.3 Å². The van der Waals surface area contributed by atoms with Crippen LogP contribution in [0.4, 0.5) is 0 Å². The van der Waals surface area contributed by atoms with Crippen LogP contribution in [0.1, 0.15) is 109 Å². The van der Waals surface area contributed by atoms with Crippen molar-refractivity contribution in [1.29, 1.82) is 0 Å². The lowest BCUT2D eigenvalue weighted by atomic mass is 9.64. The van der Waals surface area contributed by atoms with Gasteiger partial charge in [0.2, 0.25) is 5.78 Å². The first-order valence-electron chi connectivity index (χ1n) is 14.7. The molecule has 2 heterocycles. The Labute approximate surface area is 232 Å². The van der Waals surface area contributed by atoms with E-state index in [2.05, 4.69) is 37.0 Å². The third kappa shape index (κ3) is 5.58. The molecule has 2 aromatic rings. The second kappa shape index (κ2) is 11.4. The van der Waals surface area contributed by atoms with Gasteiger partial charge in [0.05, 0.1) is 16.6 Å². The molecule has 1 saturated carbocycles. The molecular formula is C33H45NO3S. The highest BCUT2D eigenvalue weighted by molar-refractivity contribution is 7.14. The summed E-state index contributed by atoms with van der Waals surface area (Å²) in [6.45, 7) is 9.37. The molecular weight excluding hydrogens is 490 g/mol. The summed E-state index contributed by atoms with van der Waals surface area (Å²) in [6.07, 6.45) is 11.2. The minimum absolute atomic E-state index is 0.0751. The van der Waals surface area contributed by atoms with Crippen molar-refractivity contribution in [3.05, 3.63) is 68.4 Å². The molecule has 4 aliphatic rings. The first-order valence-corrected chi connectivity index (χ1v) is 15.5. The van der Waals surface area contributed by atoms with Gasteiger partial charge in [0, 0.05) is 22.4 Å². The number of carbonyl (C=O) groups is 1. The van der Waals surface area contributed by atoms with E-state index in [-0.39, 0.29) is 17.1 Å². The number of ketones is 1. The van der Waals surface area contributed by atoms with Gasteiger partial charge >= 0.3 is 0 Å². The highest BCUT2D eigenvalue weighted by Gasteiger charge is 2.57. The summed E-state index contributed by atoms with van der Waals surface area (Å²) in [4.78, 5) is 18.4. The van der Waals surface area contributed by atoms with E-state index in [0.717, 1.165) is 84.6 Å². The van der Waals surface area contributed by atoms with Crippen LogP contribution >= 0.6 is 11.3 Å². The molecule has 5 heteroatoms. The Balaban J connectivity index is 1.59. The number of thiophene rings is 1. The van der Waals surface area contributed by atoms with Crippen molar-refractivity contribution in [3.63, 3.8) is 0 Å². The summed E-state index contributed by atoms with van der Waals surface area (Å²) in [5.41, 5.74) is 3.04. The Morgan fingerprint density at radius 3 is 2.61 bits per heavy atom. The lowest BCUT2D eigenvalue weighted by Gasteiger charge is -2.46. The molecule has 2 bridgehead atoms. The molecule has 206 valence electrons. The Kier molecular flexibility index (Phi) is 8.31. The van der Waals surface area contributed by atoms with E-state index >= 15 is 0 Å².